The number of hydrogen-bond acceptors (Lipinski definition) is 4. The molecule has 2 aliphatic carbocycles. The van der Waals surface area contributed by atoms with Crippen LogP contribution in [0, 0.1) is 5.41 Å². The number of benzene rings is 1. The quantitative estimate of drug-likeness (QED) is 0.864. The summed E-state index contributed by atoms with van der Waals surface area (Å²) >= 11 is 0. The van der Waals surface area contributed by atoms with Crippen LogP contribution in [0.2, 0.25) is 0 Å². The first-order valence-electron chi connectivity index (χ1n) is 8.65. The highest BCUT2D eigenvalue weighted by molar-refractivity contribution is 6.54. The molecule has 3 N–H and O–H groups in total. The van der Waals surface area contributed by atoms with Crippen LogP contribution in [-0.4, -0.2) is 34.5 Å². The lowest BCUT2D eigenvalue weighted by Gasteiger charge is -2.36. The first-order valence-corrected chi connectivity index (χ1v) is 8.65. The largest absolute Gasteiger partial charge is 0.480 e. The molecule has 2 aliphatic rings. The first-order chi connectivity index (χ1) is 12.2. The lowest BCUT2D eigenvalue weighted by molar-refractivity contribution is -0.140. The average molecular weight is 354 g/mol. The third-order valence-electron chi connectivity index (χ3n) is 5.03. The summed E-state index contributed by atoms with van der Waals surface area (Å²) < 4.78 is 0. The second kappa shape index (κ2) is 6.52. The molecule has 6 nitrogen and oxygen atoms in total. The number of nitrogens with two attached hydrogens (primary N) is 1. The van der Waals surface area contributed by atoms with Crippen molar-refractivity contribution in [3.05, 3.63) is 41.0 Å². The van der Waals surface area contributed by atoms with Gasteiger partial charge >= 0.3 is 5.97 Å². The van der Waals surface area contributed by atoms with E-state index in [2.05, 4.69) is 18.8 Å². The summed E-state index contributed by atoms with van der Waals surface area (Å²) in [5, 5.41) is 9.35. The highest BCUT2D eigenvalue weighted by Gasteiger charge is 2.37. The molecule has 1 atom stereocenters. The van der Waals surface area contributed by atoms with Crippen LogP contribution < -0.4 is 5.73 Å². The Labute approximate surface area is 151 Å². The minimum atomic E-state index is -1.36. The van der Waals surface area contributed by atoms with Crippen molar-refractivity contribution < 1.29 is 19.5 Å². The molecule has 1 aromatic carbocycles. The number of nitrogens with zero attached hydrogens (tertiary/aromatic N) is 1. The van der Waals surface area contributed by atoms with E-state index >= 15 is 0 Å². The minimum Gasteiger partial charge on any atom is -0.480 e. The molecule has 26 heavy (non-hydrogen) atoms. The number of amides is 1. The van der Waals surface area contributed by atoms with Crippen LogP contribution in [0.1, 0.15) is 50.7 Å². The van der Waals surface area contributed by atoms with Gasteiger partial charge < -0.3 is 10.8 Å². The number of carbonyl (C=O) groups excluding carboxylic acids is 2. The van der Waals surface area contributed by atoms with E-state index in [1.54, 1.807) is 12.1 Å². The van der Waals surface area contributed by atoms with Crippen LogP contribution in [0.4, 0.5) is 0 Å². The number of primary amides is 1. The van der Waals surface area contributed by atoms with Gasteiger partial charge in [0.25, 0.3) is 0 Å². The molecule has 0 saturated heterocycles. The molecule has 3 rings (SSSR count). The summed E-state index contributed by atoms with van der Waals surface area (Å²) in [6.45, 7) is 4.36. The van der Waals surface area contributed by atoms with Crippen LogP contribution in [0.25, 0.3) is 5.57 Å². The number of carboxylic acids is 1. The third-order valence-corrected chi connectivity index (χ3v) is 5.03. The summed E-state index contributed by atoms with van der Waals surface area (Å²) in [6, 6.07) is 6.06. The fourth-order valence-electron chi connectivity index (χ4n) is 3.68. The van der Waals surface area contributed by atoms with E-state index in [0.29, 0.717) is 17.6 Å². The topological polar surface area (TPSA) is 110 Å². The van der Waals surface area contributed by atoms with E-state index in [0.717, 1.165) is 24.0 Å². The van der Waals surface area contributed by atoms with Gasteiger partial charge in [0.15, 0.2) is 6.04 Å². The Morgan fingerprint density at radius 2 is 1.88 bits per heavy atom. The van der Waals surface area contributed by atoms with E-state index in [4.69, 9.17) is 5.73 Å². The summed E-state index contributed by atoms with van der Waals surface area (Å²) in [4.78, 5) is 39.9. The summed E-state index contributed by atoms with van der Waals surface area (Å²) in [7, 11) is 0. The number of Topliss-reactive ketones (excluding diaryl/α,β-unsaturated/α-hetero) is 1. The van der Waals surface area contributed by atoms with Crippen molar-refractivity contribution in [2.24, 2.45) is 16.1 Å². The number of carbonyl (C=O) groups is 3. The number of aliphatic imine (C=N–C) groups is 1. The number of hydrogen-bond donors (Lipinski definition) is 2. The van der Waals surface area contributed by atoms with Crippen molar-refractivity contribution in [3.63, 3.8) is 0 Å². The highest BCUT2D eigenvalue weighted by Crippen LogP contribution is 2.46. The summed E-state index contributed by atoms with van der Waals surface area (Å²) in [5.74, 6) is -2.27. The van der Waals surface area contributed by atoms with Crippen molar-refractivity contribution >= 4 is 28.9 Å². The Morgan fingerprint density at radius 1 is 1.23 bits per heavy atom. The molecule has 0 aliphatic heterocycles. The standard InChI is InChI=1S/C20H22N2O4/c1-20(2)8-7-13-14(10-20)11-5-3-4-6-12(11)17(18(13)24)22-15(19(25)26)9-16(21)23/h3-6,15H,7-10H2,1-2H3,(H2,21,23)(H,25,26)/t15-/m0/s1. The number of rotatable bonds is 4. The number of carboxylic acid groups (broad SMARTS) is 1. The molecule has 0 unspecified atom stereocenters. The zero-order chi connectivity index (χ0) is 19.1. The van der Waals surface area contributed by atoms with Crippen LogP contribution in [-0.2, 0) is 14.4 Å². The third kappa shape index (κ3) is 3.31. The molecule has 1 amide bonds. The number of allylic oxidation sites excluding steroid dienone is 2. The Balaban J connectivity index is 2.14. The number of fused-ring (bicyclic) bond motifs is 2. The monoisotopic (exact) mass is 354 g/mol. The molecule has 0 heterocycles. The Bertz CT molecular complexity index is 864. The van der Waals surface area contributed by atoms with E-state index in [-0.39, 0.29) is 16.9 Å². The van der Waals surface area contributed by atoms with Crippen molar-refractivity contribution in [3.8, 4) is 0 Å². The maximum absolute atomic E-state index is 13.1. The van der Waals surface area contributed by atoms with Crippen LogP contribution in [0.15, 0.2) is 34.8 Å². The molecule has 0 spiro atoms. The SMILES string of the molecule is CC1(C)CCC2=C(C1)c1ccccc1C(=N[C@@H](CC(N)=O)C(=O)O)C2=O. The fourth-order valence-corrected chi connectivity index (χ4v) is 3.68. The van der Waals surface area contributed by atoms with Gasteiger partial charge in [-0.2, -0.15) is 0 Å². The van der Waals surface area contributed by atoms with Gasteiger partial charge in [0.05, 0.1) is 6.42 Å². The molecule has 0 fully saturated rings. The van der Waals surface area contributed by atoms with E-state index in [9.17, 15) is 19.5 Å². The van der Waals surface area contributed by atoms with E-state index in [1.165, 1.54) is 0 Å². The molecule has 136 valence electrons. The normalized spacial score (nSPS) is 21.2. The van der Waals surface area contributed by atoms with Gasteiger partial charge in [-0.1, -0.05) is 38.1 Å². The van der Waals surface area contributed by atoms with Gasteiger partial charge in [-0.15, -0.1) is 0 Å². The molecule has 0 bridgehead atoms. The van der Waals surface area contributed by atoms with Crippen LogP contribution >= 0.6 is 0 Å². The molecular weight excluding hydrogens is 332 g/mol. The molecule has 0 saturated carbocycles. The predicted molar refractivity (Wildman–Crippen MR) is 97.8 cm³/mol. The second-order valence-corrected chi connectivity index (χ2v) is 7.67. The zero-order valence-electron chi connectivity index (χ0n) is 14.9. The summed E-state index contributed by atoms with van der Waals surface area (Å²) in [6.07, 6.45) is 1.88. The van der Waals surface area contributed by atoms with Gasteiger partial charge in [-0.05, 0) is 35.8 Å². The molecule has 1 aromatic rings. The Hall–Kier alpha value is -2.76. The second-order valence-electron chi connectivity index (χ2n) is 7.67. The number of ketones is 1. The molecule has 6 heteroatoms. The van der Waals surface area contributed by atoms with Crippen molar-refractivity contribution in [1.82, 2.24) is 0 Å². The summed E-state index contributed by atoms with van der Waals surface area (Å²) in [5.41, 5.74) is 8.66. The maximum Gasteiger partial charge on any atom is 0.328 e. The lowest BCUT2D eigenvalue weighted by Crippen LogP contribution is -2.33. The van der Waals surface area contributed by atoms with Gasteiger partial charge in [-0.25, -0.2) is 4.79 Å². The van der Waals surface area contributed by atoms with Gasteiger partial charge in [0, 0.05) is 11.1 Å². The van der Waals surface area contributed by atoms with Gasteiger partial charge in [-0.3, -0.25) is 14.6 Å². The van der Waals surface area contributed by atoms with Gasteiger partial charge in [0.2, 0.25) is 11.7 Å². The highest BCUT2D eigenvalue weighted by atomic mass is 16.4. The van der Waals surface area contributed by atoms with E-state index in [1.807, 2.05) is 12.1 Å². The molecule has 0 aromatic heterocycles. The molecular formula is C20H22N2O4. The van der Waals surface area contributed by atoms with Crippen molar-refractivity contribution in [1.29, 1.82) is 0 Å². The fraction of sp³-hybridized carbons (Fsp3) is 0.400. The Morgan fingerprint density at radius 3 is 2.50 bits per heavy atom. The zero-order valence-corrected chi connectivity index (χ0v) is 14.9. The number of aliphatic carboxylic acids is 1. The van der Waals surface area contributed by atoms with Gasteiger partial charge in [0.1, 0.15) is 5.71 Å². The lowest BCUT2D eigenvalue weighted by atomic mass is 9.68. The first kappa shape index (κ1) is 18.0. The van der Waals surface area contributed by atoms with Crippen LogP contribution in [0.5, 0.6) is 0 Å². The van der Waals surface area contributed by atoms with E-state index < -0.39 is 24.3 Å². The smallest absolute Gasteiger partial charge is 0.328 e. The average Bonchev–Trinajstić information content (AvgIpc) is 2.56. The predicted octanol–water partition coefficient (Wildman–Crippen LogP) is 2.35. The van der Waals surface area contributed by atoms with Crippen molar-refractivity contribution in [2.75, 3.05) is 0 Å². The van der Waals surface area contributed by atoms with Crippen LogP contribution in [0.3, 0.4) is 0 Å². The van der Waals surface area contributed by atoms with Crippen molar-refractivity contribution in [2.45, 2.75) is 45.6 Å². The Kier molecular flexibility index (Phi) is 4.52. The minimum absolute atomic E-state index is 0.108. The maximum atomic E-state index is 13.1. The molecule has 0 radical (unpaired) electrons.